The van der Waals surface area contributed by atoms with Gasteiger partial charge in [-0.3, -0.25) is 4.79 Å². The highest BCUT2D eigenvalue weighted by Crippen LogP contribution is 2.25. The molecule has 0 radical (unpaired) electrons. The highest BCUT2D eigenvalue weighted by Gasteiger charge is 2.29. The van der Waals surface area contributed by atoms with Crippen molar-refractivity contribution in [3.8, 4) is 0 Å². The zero-order chi connectivity index (χ0) is 15.8. The summed E-state index contributed by atoms with van der Waals surface area (Å²) >= 11 is 0. The van der Waals surface area contributed by atoms with Gasteiger partial charge in [0.25, 0.3) is 5.91 Å². The van der Waals surface area contributed by atoms with Crippen molar-refractivity contribution in [3.05, 3.63) is 29.6 Å². The van der Waals surface area contributed by atoms with Crippen LogP contribution in [0, 0.1) is 11.7 Å². The molecule has 2 rings (SSSR count). The van der Waals surface area contributed by atoms with Crippen LogP contribution in [0.2, 0.25) is 0 Å². The van der Waals surface area contributed by atoms with Gasteiger partial charge in [0, 0.05) is 18.2 Å². The van der Waals surface area contributed by atoms with Crippen LogP contribution < -0.4 is 5.14 Å². The van der Waals surface area contributed by atoms with E-state index in [2.05, 4.69) is 6.92 Å². The molecule has 0 spiro atoms. The van der Waals surface area contributed by atoms with Crippen molar-refractivity contribution in [3.63, 3.8) is 0 Å². The number of benzene rings is 1. The third kappa shape index (κ3) is 3.41. The Morgan fingerprint density at radius 3 is 2.62 bits per heavy atom. The molecule has 0 bridgehead atoms. The summed E-state index contributed by atoms with van der Waals surface area (Å²) in [6.07, 6.45) is 1.92. The number of carbonyl (C=O) groups excluding carboxylic acids is 1. The number of primary sulfonamides is 1. The number of amides is 1. The summed E-state index contributed by atoms with van der Waals surface area (Å²) in [5, 5.41) is 5.00. The van der Waals surface area contributed by atoms with Gasteiger partial charge >= 0.3 is 0 Å². The highest BCUT2D eigenvalue weighted by molar-refractivity contribution is 7.89. The fourth-order valence-electron chi connectivity index (χ4n) is 2.64. The third-order valence-corrected chi connectivity index (χ3v) is 4.97. The quantitative estimate of drug-likeness (QED) is 0.902. The zero-order valence-corrected chi connectivity index (χ0v) is 12.9. The molecule has 1 amide bonds. The largest absolute Gasteiger partial charge is 0.336 e. The summed E-state index contributed by atoms with van der Waals surface area (Å²) in [6.45, 7) is 4.60. The van der Waals surface area contributed by atoms with Gasteiger partial charge in [0.1, 0.15) is 5.82 Å². The lowest BCUT2D eigenvalue weighted by molar-refractivity contribution is 0.0550. The lowest BCUT2D eigenvalue weighted by Gasteiger charge is -2.38. The molecular weight excluding hydrogens is 295 g/mol. The van der Waals surface area contributed by atoms with Crippen LogP contribution in [-0.2, 0) is 10.0 Å². The number of hydrogen-bond acceptors (Lipinski definition) is 3. The topological polar surface area (TPSA) is 80.5 Å². The van der Waals surface area contributed by atoms with E-state index in [1.54, 1.807) is 4.90 Å². The summed E-state index contributed by atoms with van der Waals surface area (Å²) in [5.74, 6) is -0.796. The van der Waals surface area contributed by atoms with Crippen LogP contribution in [0.4, 0.5) is 4.39 Å². The number of halogens is 1. The second-order valence-electron chi connectivity index (χ2n) is 5.58. The Morgan fingerprint density at radius 2 is 2.00 bits per heavy atom. The fourth-order valence-corrected chi connectivity index (χ4v) is 3.21. The van der Waals surface area contributed by atoms with E-state index >= 15 is 0 Å². The van der Waals surface area contributed by atoms with Gasteiger partial charge < -0.3 is 4.90 Å². The Balaban J connectivity index is 2.37. The predicted octanol–water partition coefficient (Wildman–Crippen LogP) is 1.73. The van der Waals surface area contributed by atoms with Crippen molar-refractivity contribution in [2.75, 3.05) is 6.54 Å². The molecule has 0 aliphatic carbocycles. The Labute approximate surface area is 124 Å². The minimum atomic E-state index is -4.05. The number of nitrogens with two attached hydrogens (primary N) is 1. The van der Waals surface area contributed by atoms with Crippen LogP contribution in [0.3, 0.4) is 0 Å². The molecule has 1 aromatic rings. The Hall–Kier alpha value is -1.47. The van der Waals surface area contributed by atoms with Crippen molar-refractivity contribution in [2.45, 2.75) is 37.6 Å². The Morgan fingerprint density at radius 1 is 1.33 bits per heavy atom. The molecule has 116 valence electrons. The lowest BCUT2D eigenvalue weighted by Crippen LogP contribution is -2.46. The van der Waals surface area contributed by atoms with E-state index in [0.29, 0.717) is 12.5 Å². The molecule has 1 aliphatic rings. The smallest absolute Gasteiger partial charge is 0.254 e. The molecule has 1 heterocycles. The van der Waals surface area contributed by atoms with Crippen molar-refractivity contribution in [1.82, 2.24) is 4.90 Å². The average molecular weight is 314 g/mol. The summed E-state index contributed by atoms with van der Waals surface area (Å²) in [7, 11) is -4.05. The van der Waals surface area contributed by atoms with E-state index in [1.165, 1.54) is 0 Å². The minimum Gasteiger partial charge on any atom is -0.336 e. The molecule has 1 saturated heterocycles. The number of hydrogen-bond donors (Lipinski definition) is 1. The van der Waals surface area contributed by atoms with Gasteiger partial charge in [0.2, 0.25) is 10.0 Å². The first kappa shape index (κ1) is 15.9. The molecule has 0 saturated carbocycles. The minimum absolute atomic E-state index is 0.0139. The first-order valence-corrected chi connectivity index (χ1v) is 8.39. The molecular formula is C14H19FN2O3S. The van der Waals surface area contributed by atoms with Crippen molar-refractivity contribution in [2.24, 2.45) is 11.1 Å². The molecule has 2 N–H and O–H groups in total. The average Bonchev–Trinajstić information content (AvgIpc) is 2.39. The monoisotopic (exact) mass is 314 g/mol. The molecule has 2 atom stereocenters. The molecule has 1 aliphatic heterocycles. The van der Waals surface area contributed by atoms with Gasteiger partial charge in [0.05, 0.1) is 4.90 Å². The van der Waals surface area contributed by atoms with Gasteiger partial charge in [-0.15, -0.1) is 0 Å². The van der Waals surface area contributed by atoms with Gasteiger partial charge in [-0.1, -0.05) is 6.92 Å². The summed E-state index contributed by atoms with van der Waals surface area (Å²) in [6, 6.07) is 3.02. The van der Waals surface area contributed by atoms with Gasteiger partial charge in [-0.2, -0.15) is 0 Å². The van der Waals surface area contributed by atoms with E-state index in [0.717, 1.165) is 31.0 Å². The third-order valence-electron chi connectivity index (χ3n) is 4.08. The fraction of sp³-hybridized carbons (Fsp3) is 0.500. The maximum absolute atomic E-state index is 13.6. The van der Waals surface area contributed by atoms with E-state index in [4.69, 9.17) is 5.14 Å². The zero-order valence-electron chi connectivity index (χ0n) is 12.0. The van der Waals surface area contributed by atoms with Crippen molar-refractivity contribution >= 4 is 15.9 Å². The number of carbonyl (C=O) groups is 1. The first-order chi connectivity index (χ1) is 9.70. The first-order valence-electron chi connectivity index (χ1n) is 6.84. The normalized spacial score (nSPS) is 23.1. The SMILES string of the molecule is CC1CCCN(C(=O)c2cc(F)cc(S(N)(=O)=O)c2)C1C. The molecule has 2 unspecified atom stereocenters. The van der Waals surface area contributed by atoms with E-state index in [9.17, 15) is 17.6 Å². The van der Waals surface area contributed by atoms with Gasteiger partial charge in [-0.25, -0.2) is 17.9 Å². The maximum atomic E-state index is 13.6. The van der Waals surface area contributed by atoms with Crippen LogP contribution >= 0.6 is 0 Å². The van der Waals surface area contributed by atoms with E-state index in [-0.39, 0.29) is 22.4 Å². The second-order valence-corrected chi connectivity index (χ2v) is 7.14. The number of sulfonamides is 1. The number of nitrogens with zero attached hydrogens (tertiary/aromatic N) is 1. The summed E-state index contributed by atoms with van der Waals surface area (Å²) in [4.78, 5) is 13.8. The van der Waals surface area contributed by atoms with Crippen LogP contribution in [-0.4, -0.2) is 31.8 Å². The van der Waals surface area contributed by atoms with Gasteiger partial charge in [-0.05, 0) is 43.9 Å². The molecule has 21 heavy (non-hydrogen) atoms. The lowest BCUT2D eigenvalue weighted by atomic mass is 9.91. The van der Waals surface area contributed by atoms with Crippen LogP contribution in [0.15, 0.2) is 23.1 Å². The standard InChI is InChI=1S/C14H19FN2O3S/c1-9-4-3-5-17(10(9)2)14(18)11-6-12(15)8-13(7-11)21(16,19)20/h6-10H,3-5H2,1-2H3,(H2,16,19,20). The van der Waals surface area contributed by atoms with E-state index < -0.39 is 15.8 Å². The van der Waals surface area contributed by atoms with Crippen LogP contribution in [0.25, 0.3) is 0 Å². The second kappa shape index (κ2) is 5.73. The summed E-state index contributed by atoms with van der Waals surface area (Å²) in [5.41, 5.74) is 0.0139. The highest BCUT2D eigenvalue weighted by atomic mass is 32.2. The Kier molecular flexibility index (Phi) is 4.34. The Bertz CT molecular complexity index is 660. The molecule has 5 nitrogen and oxygen atoms in total. The van der Waals surface area contributed by atoms with E-state index in [1.807, 2.05) is 6.92 Å². The predicted molar refractivity (Wildman–Crippen MR) is 76.7 cm³/mol. The number of rotatable bonds is 2. The molecule has 1 fully saturated rings. The number of piperidine rings is 1. The molecule has 7 heteroatoms. The maximum Gasteiger partial charge on any atom is 0.254 e. The van der Waals surface area contributed by atoms with Crippen molar-refractivity contribution in [1.29, 1.82) is 0 Å². The molecule has 0 aromatic heterocycles. The molecule has 1 aromatic carbocycles. The van der Waals surface area contributed by atoms with Crippen LogP contribution in [0.5, 0.6) is 0 Å². The van der Waals surface area contributed by atoms with Gasteiger partial charge in [0.15, 0.2) is 0 Å². The number of likely N-dealkylation sites (tertiary alicyclic amines) is 1. The van der Waals surface area contributed by atoms with Crippen molar-refractivity contribution < 1.29 is 17.6 Å². The van der Waals surface area contributed by atoms with Crippen LogP contribution in [0.1, 0.15) is 37.0 Å². The summed E-state index contributed by atoms with van der Waals surface area (Å²) < 4.78 is 36.2.